The highest BCUT2D eigenvalue weighted by molar-refractivity contribution is 9.10. The Bertz CT molecular complexity index is 995. The van der Waals surface area contributed by atoms with Gasteiger partial charge in [-0.2, -0.15) is 0 Å². The molecule has 1 saturated carbocycles. The summed E-state index contributed by atoms with van der Waals surface area (Å²) in [6, 6.07) is 13.7. The number of nitrogens with zero attached hydrogens (tertiary/aromatic N) is 2. The van der Waals surface area contributed by atoms with Gasteiger partial charge in [-0.15, -0.1) is 10.2 Å². The van der Waals surface area contributed by atoms with Gasteiger partial charge < -0.3 is 10.1 Å². The largest absolute Gasteiger partial charge is 0.493 e. The maximum absolute atomic E-state index is 12.3. The lowest BCUT2D eigenvalue weighted by atomic mass is 10.1. The van der Waals surface area contributed by atoms with E-state index in [0.29, 0.717) is 5.69 Å². The predicted octanol–water partition coefficient (Wildman–Crippen LogP) is 5.36. The van der Waals surface area contributed by atoms with E-state index in [-0.39, 0.29) is 23.6 Å². The summed E-state index contributed by atoms with van der Waals surface area (Å²) in [6.07, 6.45) is 0.799. The van der Waals surface area contributed by atoms with Gasteiger partial charge in [0.1, 0.15) is 0 Å². The maximum atomic E-state index is 12.3. The van der Waals surface area contributed by atoms with E-state index in [1.54, 1.807) is 0 Å². The molecule has 1 aliphatic carbocycles. The minimum atomic E-state index is -0.239. The first-order chi connectivity index (χ1) is 12.0. The molecule has 1 amide bonds. The highest BCUT2D eigenvalue weighted by Crippen LogP contribution is 2.48. The Balaban J connectivity index is 1.56. The monoisotopic (exact) mass is 397 g/mol. The second-order valence-corrected chi connectivity index (χ2v) is 7.22. The zero-order valence-electron chi connectivity index (χ0n) is 13.5. The molecule has 2 N–H and O–H groups in total. The number of carbonyl (C=O) groups is 1. The number of carbonyl (C=O) groups excluding carboxylic acids is 1. The van der Waals surface area contributed by atoms with Crippen LogP contribution in [0.5, 0.6) is 5.88 Å². The number of aromatic amines is 1. The Labute approximate surface area is 152 Å². The van der Waals surface area contributed by atoms with Crippen molar-refractivity contribution in [1.29, 1.82) is 0 Å². The fourth-order valence-corrected chi connectivity index (χ4v) is 3.45. The first kappa shape index (κ1) is 16.0. The lowest BCUT2D eigenvalue weighted by molar-refractivity contribution is -0.119. The van der Waals surface area contributed by atoms with Crippen molar-refractivity contribution in [2.75, 3.05) is 0 Å². The quantitative estimate of drug-likeness (QED) is 0.583. The van der Waals surface area contributed by atoms with Crippen LogP contribution in [0.1, 0.15) is 23.5 Å². The highest BCUT2D eigenvalue weighted by atomic mass is 79.9. The van der Waals surface area contributed by atoms with Crippen LogP contribution >= 0.6 is 15.9 Å². The molecule has 1 heterocycles. The van der Waals surface area contributed by atoms with E-state index < -0.39 is 0 Å². The number of hydrogen-bond donors (Lipinski definition) is 2. The van der Waals surface area contributed by atoms with Gasteiger partial charge in [-0.1, -0.05) is 46.3 Å². The standard InChI is InChI=1S/C19H16BrN3O2/c1-10-7-14-16(9-15(10)20)21-19(25)17(14)22-23-18(24)13-8-12(13)11-5-3-2-4-6-11/h2-7,9,12-13,21,25H,8H2,1H3/t12-,13+/m1/s1. The number of nitrogens with one attached hydrogen (secondary N) is 1. The highest BCUT2D eigenvalue weighted by Gasteiger charge is 2.44. The molecule has 25 heavy (non-hydrogen) atoms. The summed E-state index contributed by atoms with van der Waals surface area (Å²) in [6.45, 7) is 1.95. The minimum absolute atomic E-state index is 0.0838. The number of amides is 1. The second-order valence-electron chi connectivity index (χ2n) is 6.37. The number of hydrogen-bond acceptors (Lipinski definition) is 3. The smallest absolute Gasteiger partial charge is 0.268 e. The molecule has 1 fully saturated rings. The number of benzene rings is 2. The van der Waals surface area contributed by atoms with Crippen LogP contribution in [0.2, 0.25) is 0 Å². The summed E-state index contributed by atoms with van der Waals surface area (Å²) >= 11 is 3.46. The molecule has 1 aromatic heterocycles. The lowest BCUT2D eigenvalue weighted by Crippen LogP contribution is -1.96. The summed E-state index contributed by atoms with van der Waals surface area (Å²) in [5.74, 6) is -0.215. The van der Waals surface area contributed by atoms with E-state index >= 15 is 0 Å². The number of fused-ring (bicyclic) bond motifs is 1. The van der Waals surface area contributed by atoms with Crippen molar-refractivity contribution in [2.24, 2.45) is 16.1 Å². The van der Waals surface area contributed by atoms with Gasteiger partial charge in [0, 0.05) is 15.8 Å². The molecule has 0 radical (unpaired) electrons. The van der Waals surface area contributed by atoms with Crippen LogP contribution in [0.4, 0.5) is 5.69 Å². The summed E-state index contributed by atoms with van der Waals surface area (Å²) < 4.78 is 0.935. The predicted molar refractivity (Wildman–Crippen MR) is 99.2 cm³/mol. The molecule has 0 spiro atoms. The Hall–Kier alpha value is -2.47. The first-order valence-corrected chi connectivity index (χ1v) is 8.85. The summed E-state index contributed by atoms with van der Waals surface area (Å²) in [5, 5.41) is 18.7. The van der Waals surface area contributed by atoms with Crippen LogP contribution in [0.3, 0.4) is 0 Å². The topological polar surface area (TPSA) is 77.8 Å². The Morgan fingerprint density at radius 3 is 2.80 bits per heavy atom. The average molecular weight is 398 g/mol. The van der Waals surface area contributed by atoms with Gasteiger partial charge in [-0.05, 0) is 42.5 Å². The number of H-pyrrole nitrogens is 1. The fraction of sp³-hybridized carbons (Fsp3) is 0.211. The second kappa shape index (κ2) is 6.11. The third-order valence-corrected chi connectivity index (χ3v) is 5.47. The lowest BCUT2D eigenvalue weighted by Gasteiger charge is -1.98. The fourth-order valence-electron chi connectivity index (χ4n) is 3.11. The summed E-state index contributed by atoms with van der Waals surface area (Å²) in [7, 11) is 0. The van der Waals surface area contributed by atoms with Gasteiger partial charge in [-0.25, -0.2) is 0 Å². The molecule has 0 aliphatic heterocycles. The van der Waals surface area contributed by atoms with Crippen molar-refractivity contribution >= 4 is 38.4 Å². The Morgan fingerprint density at radius 1 is 1.28 bits per heavy atom. The number of rotatable bonds is 3. The van der Waals surface area contributed by atoms with Crippen LogP contribution in [0.25, 0.3) is 10.9 Å². The molecular formula is C19H16BrN3O2. The number of aromatic nitrogens is 1. The van der Waals surface area contributed by atoms with Gasteiger partial charge >= 0.3 is 0 Å². The molecule has 0 bridgehead atoms. The van der Waals surface area contributed by atoms with E-state index in [2.05, 4.69) is 31.1 Å². The van der Waals surface area contributed by atoms with E-state index in [1.165, 1.54) is 0 Å². The molecule has 6 heteroatoms. The van der Waals surface area contributed by atoms with Crippen LogP contribution in [0.15, 0.2) is 57.2 Å². The molecule has 1 aliphatic rings. The van der Waals surface area contributed by atoms with Crippen molar-refractivity contribution in [3.05, 3.63) is 58.1 Å². The van der Waals surface area contributed by atoms with Crippen molar-refractivity contribution in [2.45, 2.75) is 19.3 Å². The SMILES string of the molecule is Cc1cc2c(N=NC(=O)[C@H]3C[C@@H]3c3ccccc3)c(O)[nH]c2cc1Br. The first-order valence-electron chi connectivity index (χ1n) is 8.06. The van der Waals surface area contributed by atoms with Crippen molar-refractivity contribution in [1.82, 2.24) is 4.98 Å². The van der Waals surface area contributed by atoms with Gasteiger partial charge in [0.25, 0.3) is 5.91 Å². The van der Waals surface area contributed by atoms with Crippen LogP contribution < -0.4 is 0 Å². The molecule has 3 aromatic rings. The van der Waals surface area contributed by atoms with Crippen molar-refractivity contribution in [3.63, 3.8) is 0 Å². The molecule has 126 valence electrons. The van der Waals surface area contributed by atoms with Crippen LogP contribution in [0, 0.1) is 12.8 Å². The molecule has 0 unspecified atom stereocenters. The molecule has 5 nitrogen and oxygen atoms in total. The van der Waals surface area contributed by atoms with Crippen molar-refractivity contribution in [3.8, 4) is 5.88 Å². The summed E-state index contributed by atoms with van der Waals surface area (Å²) in [4.78, 5) is 15.2. The van der Waals surface area contributed by atoms with Gasteiger partial charge in [0.05, 0.1) is 5.52 Å². The molecule has 4 rings (SSSR count). The van der Waals surface area contributed by atoms with Gasteiger partial charge in [0.15, 0.2) is 5.69 Å². The normalized spacial score (nSPS) is 19.6. The number of halogens is 1. The van der Waals surface area contributed by atoms with Gasteiger partial charge in [-0.3, -0.25) is 4.79 Å². The molecular weight excluding hydrogens is 382 g/mol. The van der Waals surface area contributed by atoms with Crippen LogP contribution in [-0.4, -0.2) is 16.0 Å². The molecule has 0 saturated heterocycles. The number of azo groups is 1. The maximum Gasteiger partial charge on any atom is 0.268 e. The van der Waals surface area contributed by atoms with E-state index in [9.17, 15) is 9.90 Å². The molecule has 2 atom stereocenters. The zero-order valence-corrected chi connectivity index (χ0v) is 15.1. The van der Waals surface area contributed by atoms with E-state index in [1.807, 2.05) is 49.4 Å². The Kier molecular flexibility index (Phi) is 3.92. The third-order valence-electron chi connectivity index (χ3n) is 4.62. The summed E-state index contributed by atoms with van der Waals surface area (Å²) in [5.41, 5.74) is 3.22. The minimum Gasteiger partial charge on any atom is -0.493 e. The van der Waals surface area contributed by atoms with E-state index in [0.717, 1.165) is 32.9 Å². The zero-order chi connectivity index (χ0) is 17.6. The van der Waals surface area contributed by atoms with Gasteiger partial charge in [0.2, 0.25) is 5.88 Å². The third kappa shape index (κ3) is 2.98. The van der Waals surface area contributed by atoms with Crippen LogP contribution in [-0.2, 0) is 4.79 Å². The molecule has 2 aromatic carbocycles. The number of aromatic hydroxyl groups is 1. The number of aryl methyl sites for hydroxylation is 1. The van der Waals surface area contributed by atoms with Crippen molar-refractivity contribution < 1.29 is 9.90 Å². The van der Waals surface area contributed by atoms with E-state index in [4.69, 9.17) is 0 Å². The Morgan fingerprint density at radius 2 is 2.04 bits per heavy atom. The average Bonchev–Trinajstić information content (AvgIpc) is 3.35.